The molecule has 1 aliphatic rings. The fraction of sp³-hybridized carbons (Fsp3) is 0.333. The van der Waals surface area contributed by atoms with Gasteiger partial charge in [-0.05, 0) is 25.5 Å². The molecule has 0 spiro atoms. The van der Waals surface area contributed by atoms with Gasteiger partial charge in [0.15, 0.2) is 6.61 Å². The summed E-state index contributed by atoms with van der Waals surface area (Å²) in [5, 5.41) is 5.37. The van der Waals surface area contributed by atoms with Gasteiger partial charge in [-0.2, -0.15) is 0 Å². The number of nitrogens with one attached hydrogen (secondary N) is 2. The van der Waals surface area contributed by atoms with E-state index < -0.39 is 0 Å². The Kier molecular flexibility index (Phi) is 3.51. The molecule has 2 N–H and O–H groups in total. The van der Waals surface area contributed by atoms with Crippen molar-refractivity contribution in [3.63, 3.8) is 0 Å². The molecule has 0 saturated carbocycles. The van der Waals surface area contributed by atoms with Crippen LogP contribution >= 0.6 is 0 Å². The van der Waals surface area contributed by atoms with Crippen LogP contribution in [-0.2, 0) is 17.8 Å². The van der Waals surface area contributed by atoms with E-state index >= 15 is 0 Å². The number of H-pyrrole nitrogens is 2. The lowest BCUT2D eigenvalue weighted by Crippen LogP contribution is -2.39. The molecule has 0 bridgehead atoms. The molecule has 0 saturated heterocycles. The van der Waals surface area contributed by atoms with E-state index in [1.807, 2.05) is 31.2 Å². The van der Waals surface area contributed by atoms with Crippen LogP contribution in [0, 0.1) is 6.92 Å². The second-order valence-electron chi connectivity index (χ2n) is 5.20. The Balaban J connectivity index is 1.59. The Bertz CT molecular complexity index is 700. The molecule has 6 nitrogen and oxygen atoms in total. The molecule has 3 rings (SSSR count). The molecular weight excluding hydrogens is 270 g/mol. The second kappa shape index (κ2) is 5.47. The largest absolute Gasteiger partial charge is 0.484 e. The van der Waals surface area contributed by atoms with Gasteiger partial charge in [-0.25, -0.2) is 0 Å². The second-order valence-corrected chi connectivity index (χ2v) is 5.20. The van der Waals surface area contributed by atoms with E-state index in [1.165, 1.54) is 0 Å². The Morgan fingerprint density at radius 1 is 1.29 bits per heavy atom. The predicted molar refractivity (Wildman–Crippen MR) is 77.2 cm³/mol. The van der Waals surface area contributed by atoms with Crippen LogP contribution in [0.5, 0.6) is 5.75 Å². The molecule has 0 fully saturated rings. The molecule has 0 atom stereocenters. The summed E-state index contributed by atoms with van der Waals surface area (Å²) in [7, 11) is 0. The Morgan fingerprint density at radius 3 is 2.81 bits per heavy atom. The van der Waals surface area contributed by atoms with E-state index in [4.69, 9.17) is 4.74 Å². The lowest BCUT2D eigenvalue weighted by atomic mass is 10.1. The summed E-state index contributed by atoms with van der Waals surface area (Å²) in [4.78, 5) is 25.3. The van der Waals surface area contributed by atoms with Gasteiger partial charge in [-0.15, -0.1) is 0 Å². The van der Waals surface area contributed by atoms with Gasteiger partial charge in [-0.3, -0.25) is 14.7 Å². The monoisotopic (exact) mass is 287 g/mol. The van der Waals surface area contributed by atoms with Crippen molar-refractivity contribution < 1.29 is 9.53 Å². The zero-order valence-electron chi connectivity index (χ0n) is 11.8. The van der Waals surface area contributed by atoms with Crippen LogP contribution in [0.1, 0.15) is 16.8 Å². The maximum Gasteiger partial charge on any atom is 0.267 e. The first kappa shape index (κ1) is 13.5. The highest BCUT2D eigenvalue weighted by Gasteiger charge is 2.23. The van der Waals surface area contributed by atoms with Crippen molar-refractivity contribution >= 4 is 5.91 Å². The third-order valence-corrected chi connectivity index (χ3v) is 3.68. The average molecular weight is 287 g/mol. The molecule has 2 aromatic rings. The summed E-state index contributed by atoms with van der Waals surface area (Å²) in [5.74, 6) is 0.602. The van der Waals surface area contributed by atoms with Gasteiger partial charge >= 0.3 is 0 Å². The minimum Gasteiger partial charge on any atom is -0.484 e. The third kappa shape index (κ3) is 2.84. The molecule has 1 amide bonds. The summed E-state index contributed by atoms with van der Waals surface area (Å²) in [5.41, 5.74) is 2.59. The Labute approximate surface area is 121 Å². The standard InChI is InChI=1S/C15H17N3O3/c1-10-2-4-11(5-3-10)21-9-14(19)18-7-6-12-13(8-18)16-17-15(12)20/h2-5H,6-9H2,1H3,(H2,16,17,20). The summed E-state index contributed by atoms with van der Waals surface area (Å²) >= 11 is 0. The molecule has 0 aliphatic carbocycles. The molecule has 1 aromatic carbocycles. The number of hydrogen-bond donors (Lipinski definition) is 2. The van der Waals surface area contributed by atoms with Gasteiger partial charge in [-0.1, -0.05) is 17.7 Å². The van der Waals surface area contributed by atoms with E-state index in [0.717, 1.165) is 16.8 Å². The smallest absolute Gasteiger partial charge is 0.267 e. The number of carbonyl (C=O) groups is 1. The van der Waals surface area contributed by atoms with Crippen molar-refractivity contribution in [1.82, 2.24) is 15.1 Å². The van der Waals surface area contributed by atoms with Crippen molar-refractivity contribution in [2.75, 3.05) is 13.2 Å². The molecule has 1 aliphatic heterocycles. The fourth-order valence-corrected chi connectivity index (χ4v) is 2.42. The first-order chi connectivity index (χ1) is 10.1. The number of aryl methyl sites for hydroxylation is 1. The molecule has 21 heavy (non-hydrogen) atoms. The number of rotatable bonds is 3. The normalized spacial score (nSPS) is 13.9. The number of fused-ring (bicyclic) bond motifs is 1. The quantitative estimate of drug-likeness (QED) is 0.883. The topological polar surface area (TPSA) is 78.2 Å². The molecular formula is C15H17N3O3. The highest BCUT2D eigenvalue weighted by atomic mass is 16.5. The van der Waals surface area contributed by atoms with Crippen LogP contribution in [-0.4, -0.2) is 34.2 Å². The summed E-state index contributed by atoms with van der Waals surface area (Å²) in [6.45, 7) is 2.97. The summed E-state index contributed by atoms with van der Waals surface area (Å²) in [6, 6.07) is 7.58. The predicted octanol–water partition coefficient (Wildman–Crippen LogP) is 0.975. The van der Waals surface area contributed by atoms with Crippen LogP contribution in [0.15, 0.2) is 29.1 Å². The summed E-state index contributed by atoms with van der Waals surface area (Å²) in [6.07, 6.45) is 0.574. The highest BCUT2D eigenvalue weighted by Crippen LogP contribution is 2.15. The van der Waals surface area contributed by atoms with Crippen LogP contribution < -0.4 is 10.3 Å². The molecule has 1 aromatic heterocycles. The van der Waals surface area contributed by atoms with Crippen LogP contribution in [0.4, 0.5) is 0 Å². The summed E-state index contributed by atoms with van der Waals surface area (Å²) < 4.78 is 5.50. The Morgan fingerprint density at radius 2 is 2.05 bits per heavy atom. The molecule has 6 heteroatoms. The number of carbonyl (C=O) groups excluding carboxylic acids is 1. The number of hydrogen-bond acceptors (Lipinski definition) is 3. The number of benzene rings is 1. The molecule has 2 heterocycles. The van der Waals surface area contributed by atoms with Gasteiger partial charge in [0.1, 0.15) is 5.75 Å². The molecule has 0 unspecified atom stereocenters. The van der Waals surface area contributed by atoms with Crippen molar-refractivity contribution in [2.45, 2.75) is 19.9 Å². The third-order valence-electron chi connectivity index (χ3n) is 3.68. The maximum atomic E-state index is 12.2. The minimum absolute atomic E-state index is 0.00699. The molecule has 110 valence electrons. The van der Waals surface area contributed by atoms with E-state index in [1.54, 1.807) is 4.90 Å². The van der Waals surface area contributed by atoms with Crippen LogP contribution in [0.25, 0.3) is 0 Å². The van der Waals surface area contributed by atoms with E-state index in [-0.39, 0.29) is 18.1 Å². The number of amides is 1. The van der Waals surface area contributed by atoms with E-state index in [9.17, 15) is 9.59 Å². The maximum absolute atomic E-state index is 12.2. The van der Waals surface area contributed by atoms with E-state index in [2.05, 4.69) is 10.2 Å². The number of aromatic amines is 2. The zero-order chi connectivity index (χ0) is 14.8. The van der Waals surface area contributed by atoms with Gasteiger partial charge in [0, 0.05) is 12.1 Å². The van der Waals surface area contributed by atoms with Crippen molar-refractivity contribution in [1.29, 1.82) is 0 Å². The van der Waals surface area contributed by atoms with Gasteiger partial charge in [0.05, 0.1) is 12.2 Å². The highest BCUT2D eigenvalue weighted by molar-refractivity contribution is 5.78. The fourth-order valence-electron chi connectivity index (χ4n) is 2.42. The van der Waals surface area contributed by atoms with Gasteiger partial charge in [0.2, 0.25) is 0 Å². The van der Waals surface area contributed by atoms with Gasteiger partial charge < -0.3 is 14.7 Å². The van der Waals surface area contributed by atoms with Crippen molar-refractivity contribution in [2.24, 2.45) is 0 Å². The van der Waals surface area contributed by atoms with Gasteiger partial charge in [0.25, 0.3) is 11.5 Å². The van der Waals surface area contributed by atoms with Crippen LogP contribution in [0.3, 0.4) is 0 Å². The number of nitrogens with zero attached hydrogens (tertiary/aromatic N) is 1. The van der Waals surface area contributed by atoms with E-state index in [0.29, 0.717) is 25.3 Å². The number of aromatic nitrogens is 2. The Hall–Kier alpha value is -2.50. The van der Waals surface area contributed by atoms with Crippen LogP contribution in [0.2, 0.25) is 0 Å². The van der Waals surface area contributed by atoms with Crippen molar-refractivity contribution in [3.05, 3.63) is 51.4 Å². The lowest BCUT2D eigenvalue weighted by molar-refractivity contribution is -0.134. The van der Waals surface area contributed by atoms with Crippen molar-refractivity contribution in [3.8, 4) is 5.75 Å². The average Bonchev–Trinajstić information content (AvgIpc) is 2.87. The lowest BCUT2D eigenvalue weighted by Gasteiger charge is -2.26. The molecule has 0 radical (unpaired) electrons. The first-order valence-corrected chi connectivity index (χ1v) is 6.89. The minimum atomic E-state index is -0.0898. The first-order valence-electron chi connectivity index (χ1n) is 6.89. The SMILES string of the molecule is Cc1ccc(OCC(=O)N2CCc3c([nH][nH]c3=O)C2)cc1. The number of ether oxygens (including phenoxy) is 1. The zero-order valence-corrected chi connectivity index (χ0v) is 11.8.